The quantitative estimate of drug-likeness (QED) is 0.625. The second-order valence-electron chi connectivity index (χ2n) is 5.68. The van der Waals surface area contributed by atoms with Crippen LogP contribution in [0.5, 0.6) is 0 Å². The van der Waals surface area contributed by atoms with Crippen molar-refractivity contribution in [3.8, 4) is 0 Å². The maximum Gasteiger partial charge on any atom is 0.172 e. The van der Waals surface area contributed by atoms with E-state index in [2.05, 4.69) is 11.5 Å². The summed E-state index contributed by atoms with van der Waals surface area (Å²) in [4.78, 5) is 14.9. The molecule has 1 unspecified atom stereocenters. The van der Waals surface area contributed by atoms with Gasteiger partial charge in [-0.3, -0.25) is 4.79 Å². The fourth-order valence-corrected chi connectivity index (χ4v) is 2.98. The highest BCUT2D eigenvalue weighted by molar-refractivity contribution is 6.03. The second-order valence-corrected chi connectivity index (χ2v) is 5.68. The molecule has 22 heavy (non-hydrogen) atoms. The van der Waals surface area contributed by atoms with Crippen LogP contribution in [-0.2, 0) is 0 Å². The van der Waals surface area contributed by atoms with Gasteiger partial charge >= 0.3 is 0 Å². The lowest BCUT2D eigenvalue weighted by molar-refractivity contribution is 0.0965. The molecule has 0 saturated heterocycles. The van der Waals surface area contributed by atoms with E-state index in [1.54, 1.807) is 12.1 Å². The van der Waals surface area contributed by atoms with E-state index in [9.17, 15) is 9.18 Å². The summed E-state index contributed by atoms with van der Waals surface area (Å²) in [7, 11) is 0. The number of benzene rings is 2. The summed E-state index contributed by atoms with van der Waals surface area (Å²) in [6.45, 7) is 6.95. The molecule has 0 N–H and O–H groups in total. The molecular weight excluding hydrogens is 277 g/mol. The molecule has 0 amide bonds. The Kier molecular flexibility index (Phi) is 3.80. The average Bonchev–Trinajstić information content (AvgIpc) is 2.86. The van der Waals surface area contributed by atoms with Crippen molar-refractivity contribution >= 4 is 11.5 Å². The summed E-state index contributed by atoms with van der Waals surface area (Å²) < 4.78 is 13.6. The van der Waals surface area contributed by atoms with E-state index in [1.165, 1.54) is 12.1 Å². The minimum absolute atomic E-state index is 0.0402. The van der Waals surface area contributed by atoms with Crippen LogP contribution < -0.4 is 4.90 Å². The zero-order valence-corrected chi connectivity index (χ0v) is 12.6. The van der Waals surface area contributed by atoms with Crippen molar-refractivity contribution in [2.75, 3.05) is 18.0 Å². The van der Waals surface area contributed by atoms with Crippen LogP contribution in [0.4, 0.5) is 10.1 Å². The smallest absolute Gasteiger partial charge is 0.172 e. The van der Waals surface area contributed by atoms with Crippen LogP contribution in [0.3, 0.4) is 0 Å². The highest BCUT2D eigenvalue weighted by Gasteiger charge is 2.33. The van der Waals surface area contributed by atoms with Gasteiger partial charge in [-0.2, -0.15) is 0 Å². The van der Waals surface area contributed by atoms with Gasteiger partial charge in [-0.1, -0.05) is 35.9 Å². The Balaban J connectivity index is 1.98. The molecule has 0 spiro atoms. The number of nitrogens with zero attached hydrogens (tertiary/aromatic N) is 1. The van der Waals surface area contributed by atoms with E-state index >= 15 is 0 Å². The van der Waals surface area contributed by atoms with Gasteiger partial charge < -0.3 is 4.90 Å². The normalized spacial score (nSPS) is 16.5. The predicted octanol–water partition coefficient (Wildman–Crippen LogP) is 4.11. The summed E-state index contributed by atoms with van der Waals surface area (Å²) in [6, 6.07) is 12.2. The number of aryl methyl sites for hydroxylation is 1. The van der Waals surface area contributed by atoms with Crippen LogP contribution >= 0.6 is 0 Å². The number of anilines is 1. The van der Waals surface area contributed by atoms with E-state index < -0.39 is 0 Å². The minimum Gasteiger partial charge on any atom is -0.366 e. The van der Waals surface area contributed by atoms with Gasteiger partial charge in [-0.15, -0.1) is 6.58 Å². The fourth-order valence-electron chi connectivity index (χ4n) is 2.98. The number of rotatable bonds is 4. The SMILES string of the molecule is C=CCN1CC(C(=O)c2ccc(C)cc2)c2cc(F)ccc21. The van der Waals surface area contributed by atoms with Crippen LogP contribution in [0, 0.1) is 12.7 Å². The summed E-state index contributed by atoms with van der Waals surface area (Å²) in [5.41, 5.74) is 3.48. The van der Waals surface area contributed by atoms with Gasteiger partial charge in [0.1, 0.15) is 5.82 Å². The highest BCUT2D eigenvalue weighted by atomic mass is 19.1. The van der Waals surface area contributed by atoms with E-state index in [1.807, 2.05) is 31.2 Å². The first kappa shape index (κ1) is 14.5. The molecule has 0 bridgehead atoms. The molecule has 1 aliphatic rings. The van der Waals surface area contributed by atoms with E-state index in [-0.39, 0.29) is 17.5 Å². The van der Waals surface area contributed by atoms with Crippen molar-refractivity contribution in [3.05, 3.63) is 77.6 Å². The summed E-state index contributed by atoms with van der Waals surface area (Å²) in [5, 5.41) is 0. The van der Waals surface area contributed by atoms with Gasteiger partial charge in [0.2, 0.25) is 0 Å². The van der Waals surface area contributed by atoms with Crippen LogP contribution in [0.25, 0.3) is 0 Å². The summed E-state index contributed by atoms with van der Waals surface area (Å²) in [6.07, 6.45) is 1.80. The molecule has 2 aromatic rings. The molecular formula is C19H18FNO. The Morgan fingerprint density at radius 3 is 2.73 bits per heavy atom. The van der Waals surface area contributed by atoms with Gasteiger partial charge in [-0.05, 0) is 30.7 Å². The molecule has 0 radical (unpaired) electrons. The number of hydrogen-bond acceptors (Lipinski definition) is 2. The molecule has 0 saturated carbocycles. The summed E-state index contributed by atoms with van der Waals surface area (Å²) in [5.74, 6) is -0.590. The third-order valence-corrected chi connectivity index (χ3v) is 4.11. The Bertz CT molecular complexity index is 721. The molecule has 112 valence electrons. The number of hydrogen-bond donors (Lipinski definition) is 0. The maximum absolute atomic E-state index is 13.6. The third-order valence-electron chi connectivity index (χ3n) is 4.11. The van der Waals surface area contributed by atoms with E-state index in [0.29, 0.717) is 18.7 Å². The van der Waals surface area contributed by atoms with Gasteiger partial charge in [0, 0.05) is 24.3 Å². The monoisotopic (exact) mass is 295 g/mol. The van der Waals surface area contributed by atoms with E-state index in [4.69, 9.17) is 0 Å². The van der Waals surface area contributed by atoms with Crippen LogP contribution in [0.2, 0.25) is 0 Å². The van der Waals surface area contributed by atoms with E-state index in [0.717, 1.165) is 16.8 Å². The Morgan fingerprint density at radius 1 is 1.32 bits per heavy atom. The van der Waals surface area contributed by atoms with Crippen molar-refractivity contribution in [2.45, 2.75) is 12.8 Å². The van der Waals surface area contributed by atoms with Gasteiger partial charge in [0.25, 0.3) is 0 Å². The van der Waals surface area contributed by atoms with Gasteiger partial charge in [0.15, 0.2) is 5.78 Å². The van der Waals surface area contributed by atoms with Gasteiger partial charge in [-0.25, -0.2) is 4.39 Å². The Labute approximate surface area is 129 Å². The molecule has 2 nitrogen and oxygen atoms in total. The van der Waals surface area contributed by atoms with Crippen LogP contribution in [0.1, 0.15) is 27.4 Å². The lowest BCUT2D eigenvalue weighted by atomic mass is 9.92. The molecule has 1 aliphatic heterocycles. The molecule has 0 aliphatic carbocycles. The molecule has 1 heterocycles. The Morgan fingerprint density at radius 2 is 2.05 bits per heavy atom. The van der Waals surface area contributed by atoms with Crippen molar-refractivity contribution in [1.29, 1.82) is 0 Å². The second kappa shape index (κ2) is 5.76. The van der Waals surface area contributed by atoms with Crippen molar-refractivity contribution in [3.63, 3.8) is 0 Å². The number of carbonyl (C=O) groups is 1. The maximum atomic E-state index is 13.6. The lowest BCUT2D eigenvalue weighted by Gasteiger charge is -2.17. The molecule has 1 atom stereocenters. The van der Waals surface area contributed by atoms with Crippen LogP contribution in [-0.4, -0.2) is 18.9 Å². The number of fused-ring (bicyclic) bond motifs is 1. The average molecular weight is 295 g/mol. The number of carbonyl (C=O) groups excluding carboxylic acids is 1. The number of Topliss-reactive ketones (excluding diaryl/α,β-unsaturated/α-hetero) is 1. The minimum atomic E-state index is -0.326. The standard InChI is InChI=1S/C19H18FNO/c1-3-10-21-12-17(16-11-15(20)8-9-18(16)21)19(22)14-6-4-13(2)5-7-14/h3-9,11,17H,1,10,12H2,2H3. The topological polar surface area (TPSA) is 20.3 Å². The predicted molar refractivity (Wildman–Crippen MR) is 87.1 cm³/mol. The molecule has 3 rings (SSSR count). The first-order valence-corrected chi connectivity index (χ1v) is 7.36. The number of ketones is 1. The van der Waals surface area contributed by atoms with Gasteiger partial charge in [0.05, 0.1) is 5.92 Å². The van der Waals surface area contributed by atoms with Crippen LogP contribution in [0.15, 0.2) is 55.1 Å². The molecule has 2 aromatic carbocycles. The first-order valence-electron chi connectivity index (χ1n) is 7.36. The summed E-state index contributed by atoms with van der Waals surface area (Å²) >= 11 is 0. The zero-order chi connectivity index (χ0) is 15.7. The lowest BCUT2D eigenvalue weighted by Crippen LogP contribution is -2.24. The molecule has 3 heteroatoms. The third kappa shape index (κ3) is 2.54. The van der Waals surface area contributed by atoms with Crippen molar-refractivity contribution in [2.24, 2.45) is 0 Å². The first-order chi connectivity index (χ1) is 10.6. The highest BCUT2D eigenvalue weighted by Crippen LogP contribution is 2.38. The largest absolute Gasteiger partial charge is 0.366 e. The Hall–Kier alpha value is -2.42. The fraction of sp³-hybridized carbons (Fsp3) is 0.211. The number of halogens is 1. The van der Waals surface area contributed by atoms with Crippen molar-refractivity contribution in [1.82, 2.24) is 0 Å². The molecule has 0 aromatic heterocycles. The molecule has 0 fully saturated rings. The zero-order valence-electron chi connectivity index (χ0n) is 12.6. The van der Waals surface area contributed by atoms with Crippen molar-refractivity contribution < 1.29 is 9.18 Å².